The number of nitrogens with one attached hydrogen (secondary N) is 2. The van der Waals surface area contributed by atoms with Crippen LogP contribution < -0.4 is 15.4 Å². The lowest BCUT2D eigenvalue weighted by Gasteiger charge is -2.12. The minimum absolute atomic E-state index is 0.273. The van der Waals surface area contributed by atoms with Crippen LogP contribution in [0.4, 0.5) is 11.5 Å². The van der Waals surface area contributed by atoms with Crippen molar-refractivity contribution in [3.8, 4) is 5.75 Å². The second-order valence-corrected chi connectivity index (χ2v) is 6.02. The summed E-state index contributed by atoms with van der Waals surface area (Å²) in [5, 5.41) is 6.03. The van der Waals surface area contributed by atoms with Crippen molar-refractivity contribution in [2.75, 3.05) is 17.7 Å². The summed E-state index contributed by atoms with van der Waals surface area (Å²) >= 11 is 0. The van der Waals surface area contributed by atoms with Crippen molar-refractivity contribution < 1.29 is 9.53 Å². The summed E-state index contributed by atoms with van der Waals surface area (Å²) in [6.45, 7) is 4.20. The lowest BCUT2D eigenvalue weighted by molar-refractivity contribution is 0.102. The molecule has 7 nitrogen and oxygen atoms in total. The summed E-state index contributed by atoms with van der Waals surface area (Å²) in [5.74, 6) is 1.33. The highest BCUT2D eigenvalue weighted by atomic mass is 16.5. The lowest BCUT2D eigenvalue weighted by Crippen LogP contribution is -2.16. The number of amides is 1. The number of carbonyl (C=O) groups is 1. The van der Waals surface area contributed by atoms with E-state index in [1.165, 1.54) is 0 Å². The SMILES string of the molecule is COc1ccc(C)cc1NC(=O)c1cc(NCc2ccccn2)nc(C)n1. The predicted molar refractivity (Wildman–Crippen MR) is 104 cm³/mol. The number of ether oxygens (including phenoxy) is 1. The van der Waals surface area contributed by atoms with Gasteiger partial charge in [-0.05, 0) is 43.7 Å². The summed E-state index contributed by atoms with van der Waals surface area (Å²) < 4.78 is 5.31. The Kier molecular flexibility index (Phi) is 5.61. The van der Waals surface area contributed by atoms with Crippen molar-refractivity contribution in [2.24, 2.45) is 0 Å². The van der Waals surface area contributed by atoms with Crippen LogP contribution in [0.2, 0.25) is 0 Å². The fourth-order valence-corrected chi connectivity index (χ4v) is 2.56. The molecule has 7 heteroatoms. The molecule has 3 rings (SSSR count). The molecular weight excluding hydrogens is 342 g/mol. The molecule has 0 bridgehead atoms. The maximum absolute atomic E-state index is 12.7. The lowest BCUT2D eigenvalue weighted by atomic mass is 10.2. The van der Waals surface area contributed by atoms with Crippen LogP contribution in [0.3, 0.4) is 0 Å². The first-order valence-corrected chi connectivity index (χ1v) is 8.50. The number of methoxy groups -OCH3 is 1. The van der Waals surface area contributed by atoms with Gasteiger partial charge in [0.2, 0.25) is 0 Å². The van der Waals surface area contributed by atoms with E-state index in [-0.39, 0.29) is 11.6 Å². The highest BCUT2D eigenvalue weighted by Gasteiger charge is 2.13. The third kappa shape index (κ3) is 4.78. The van der Waals surface area contributed by atoms with Gasteiger partial charge in [0.05, 0.1) is 25.0 Å². The molecule has 0 saturated heterocycles. The molecule has 0 unspecified atom stereocenters. The zero-order valence-electron chi connectivity index (χ0n) is 15.5. The zero-order valence-corrected chi connectivity index (χ0v) is 15.5. The Hall–Kier alpha value is -3.48. The summed E-state index contributed by atoms with van der Waals surface area (Å²) in [7, 11) is 1.56. The van der Waals surface area contributed by atoms with Gasteiger partial charge in [0.1, 0.15) is 23.1 Å². The molecule has 0 radical (unpaired) electrons. The topological polar surface area (TPSA) is 89.0 Å². The Morgan fingerprint density at radius 3 is 2.70 bits per heavy atom. The number of anilines is 2. The average molecular weight is 363 g/mol. The van der Waals surface area contributed by atoms with Gasteiger partial charge < -0.3 is 15.4 Å². The first-order chi connectivity index (χ1) is 13.0. The molecule has 2 heterocycles. The largest absolute Gasteiger partial charge is 0.495 e. The molecule has 27 heavy (non-hydrogen) atoms. The van der Waals surface area contributed by atoms with Crippen LogP contribution >= 0.6 is 0 Å². The highest BCUT2D eigenvalue weighted by Crippen LogP contribution is 2.25. The van der Waals surface area contributed by atoms with E-state index in [4.69, 9.17) is 4.74 Å². The van der Waals surface area contributed by atoms with E-state index in [0.717, 1.165) is 11.3 Å². The number of hydrogen-bond acceptors (Lipinski definition) is 6. The molecule has 0 spiro atoms. The number of nitrogens with zero attached hydrogens (tertiary/aromatic N) is 3. The van der Waals surface area contributed by atoms with E-state index in [9.17, 15) is 4.79 Å². The third-order valence-corrected chi connectivity index (χ3v) is 3.85. The Morgan fingerprint density at radius 2 is 1.96 bits per heavy atom. The Labute approximate surface area is 157 Å². The van der Waals surface area contributed by atoms with Crippen molar-refractivity contribution in [1.29, 1.82) is 0 Å². The van der Waals surface area contributed by atoms with E-state index in [1.807, 2.05) is 43.3 Å². The quantitative estimate of drug-likeness (QED) is 0.698. The number of rotatable bonds is 6. The first-order valence-electron chi connectivity index (χ1n) is 8.50. The number of carbonyl (C=O) groups excluding carboxylic acids is 1. The Bertz CT molecular complexity index is 944. The fraction of sp³-hybridized carbons (Fsp3) is 0.200. The maximum atomic E-state index is 12.7. The Morgan fingerprint density at radius 1 is 1.11 bits per heavy atom. The van der Waals surface area contributed by atoms with E-state index in [0.29, 0.717) is 29.6 Å². The normalized spacial score (nSPS) is 10.3. The van der Waals surface area contributed by atoms with Crippen molar-refractivity contribution in [3.05, 3.63) is 71.4 Å². The molecule has 0 aliphatic carbocycles. The molecule has 2 N–H and O–H groups in total. The van der Waals surface area contributed by atoms with E-state index in [2.05, 4.69) is 25.6 Å². The van der Waals surface area contributed by atoms with E-state index >= 15 is 0 Å². The zero-order chi connectivity index (χ0) is 19.2. The molecule has 0 atom stereocenters. The van der Waals surface area contributed by atoms with Gasteiger partial charge in [0, 0.05) is 12.3 Å². The molecule has 3 aromatic rings. The summed E-state index contributed by atoms with van der Waals surface area (Å²) in [6.07, 6.45) is 1.73. The van der Waals surface area contributed by atoms with Crippen LogP contribution in [0, 0.1) is 13.8 Å². The third-order valence-electron chi connectivity index (χ3n) is 3.85. The summed E-state index contributed by atoms with van der Waals surface area (Å²) in [6, 6.07) is 12.9. The average Bonchev–Trinajstić information content (AvgIpc) is 2.67. The second kappa shape index (κ2) is 8.27. The number of aromatic nitrogens is 3. The van der Waals surface area contributed by atoms with Crippen molar-refractivity contribution in [1.82, 2.24) is 15.0 Å². The molecular formula is C20H21N5O2. The van der Waals surface area contributed by atoms with E-state index in [1.54, 1.807) is 26.3 Å². The number of pyridine rings is 1. The van der Waals surface area contributed by atoms with Gasteiger partial charge in [-0.15, -0.1) is 0 Å². The van der Waals surface area contributed by atoms with Crippen LogP contribution in [-0.2, 0) is 6.54 Å². The highest BCUT2D eigenvalue weighted by molar-refractivity contribution is 6.04. The molecule has 138 valence electrons. The standard InChI is InChI=1S/C20H21N5O2/c1-13-7-8-18(27-3)16(10-13)25-20(26)17-11-19(24-14(2)23-17)22-12-15-6-4-5-9-21-15/h4-11H,12H2,1-3H3,(H,25,26)(H,22,23,24). The molecule has 0 saturated carbocycles. The minimum Gasteiger partial charge on any atom is -0.495 e. The predicted octanol–water partition coefficient (Wildman–Crippen LogP) is 3.36. The molecule has 2 aromatic heterocycles. The van der Waals surface area contributed by atoms with Crippen LogP contribution in [0.1, 0.15) is 27.6 Å². The van der Waals surface area contributed by atoms with Gasteiger partial charge in [-0.1, -0.05) is 12.1 Å². The van der Waals surface area contributed by atoms with Crippen LogP contribution in [-0.4, -0.2) is 28.0 Å². The monoisotopic (exact) mass is 363 g/mol. The summed E-state index contributed by atoms with van der Waals surface area (Å²) in [5.41, 5.74) is 2.77. The molecule has 0 fully saturated rings. The van der Waals surface area contributed by atoms with Crippen LogP contribution in [0.25, 0.3) is 0 Å². The molecule has 1 aromatic carbocycles. The van der Waals surface area contributed by atoms with Gasteiger partial charge in [-0.25, -0.2) is 9.97 Å². The van der Waals surface area contributed by atoms with Gasteiger partial charge in [0.15, 0.2) is 0 Å². The number of benzene rings is 1. The number of aryl methyl sites for hydroxylation is 2. The Balaban J connectivity index is 1.77. The van der Waals surface area contributed by atoms with Crippen LogP contribution in [0.5, 0.6) is 5.75 Å². The fourth-order valence-electron chi connectivity index (χ4n) is 2.56. The van der Waals surface area contributed by atoms with Gasteiger partial charge in [-0.3, -0.25) is 9.78 Å². The van der Waals surface area contributed by atoms with Gasteiger partial charge in [0.25, 0.3) is 5.91 Å². The first kappa shape index (κ1) is 18.3. The smallest absolute Gasteiger partial charge is 0.274 e. The van der Waals surface area contributed by atoms with Gasteiger partial charge >= 0.3 is 0 Å². The molecule has 1 amide bonds. The molecule has 0 aliphatic rings. The van der Waals surface area contributed by atoms with Crippen molar-refractivity contribution >= 4 is 17.4 Å². The van der Waals surface area contributed by atoms with Crippen LogP contribution in [0.15, 0.2) is 48.7 Å². The van der Waals surface area contributed by atoms with Crippen molar-refractivity contribution in [2.45, 2.75) is 20.4 Å². The second-order valence-electron chi connectivity index (χ2n) is 6.02. The number of hydrogen-bond donors (Lipinski definition) is 2. The summed E-state index contributed by atoms with van der Waals surface area (Å²) in [4.78, 5) is 25.5. The minimum atomic E-state index is -0.328. The van der Waals surface area contributed by atoms with Crippen molar-refractivity contribution in [3.63, 3.8) is 0 Å². The van der Waals surface area contributed by atoms with E-state index < -0.39 is 0 Å². The maximum Gasteiger partial charge on any atom is 0.274 e. The van der Waals surface area contributed by atoms with Gasteiger partial charge in [-0.2, -0.15) is 0 Å². The molecule has 0 aliphatic heterocycles.